The Morgan fingerprint density at radius 1 is 1.60 bits per heavy atom. The number of carbonyl (C=O) groups is 2. The lowest BCUT2D eigenvalue weighted by atomic mass is 9.94. The van der Waals surface area contributed by atoms with Gasteiger partial charge < -0.3 is 9.47 Å². The van der Waals surface area contributed by atoms with Gasteiger partial charge in [0.25, 0.3) is 0 Å². The van der Waals surface area contributed by atoms with Crippen LogP contribution in [-0.2, 0) is 19.1 Å². The van der Waals surface area contributed by atoms with Gasteiger partial charge in [0, 0.05) is 5.57 Å². The average molecular weight is 212 g/mol. The second kappa shape index (κ2) is 4.04. The van der Waals surface area contributed by atoms with Crippen LogP contribution in [0.15, 0.2) is 11.8 Å². The van der Waals surface area contributed by atoms with Crippen molar-refractivity contribution >= 4 is 11.8 Å². The molecule has 0 unspecified atom stereocenters. The molecule has 0 spiro atoms. The van der Waals surface area contributed by atoms with E-state index in [1.807, 2.05) is 0 Å². The maximum Gasteiger partial charge on any atom is 0.350 e. The lowest BCUT2D eigenvalue weighted by Crippen LogP contribution is -2.44. The van der Waals surface area contributed by atoms with Crippen LogP contribution in [0.5, 0.6) is 0 Å². The van der Waals surface area contributed by atoms with Crippen LogP contribution in [0.3, 0.4) is 0 Å². The minimum atomic E-state index is -1.17. The Morgan fingerprint density at radius 2 is 2.20 bits per heavy atom. The van der Waals surface area contributed by atoms with Gasteiger partial charge in [0.2, 0.25) is 5.60 Å². The lowest BCUT2D eigenvalue weighted by molar-refractivity contribution is -0.171. The molecule has 0 aliphatic carbocycles. The molecule has 15 heavy (non-hydrogen) atoms. The van der Waals surface area contributed by atoms with Crippen molar-refractivity contribution in [2.75, 3.05) is 0 Å². The maximum absolute atomic E-state index is 11.7. The molecule has 84 valence electrons. The molecule has 0 bridgehead atoms. The summed E-state index contributed by atoms with van der Waals surface area (Å²) in [5, 5.41) is 0. The lowest BCUT2D eigenvalue weighted by Gasteiger charge is -2.30. The topological polar surface area (TPSA) is 52.6 Å². The van der Waals surface area contributed by atoms with Crippen LogP contribution in [0, 0.1) is 0 Å². The third-order valence-corrected chi connectivity index (χ3v) is 2.21. The Hall–Kier alpha value is -1.32. The van der Waals surface area contributed by atoms with Gasteiger partial charge in [0.1, 0.15) is 0 Å². The molecular weight excluding hydrogens is 196 g/mol. The van der Waals surface area contributed by atoms with Crippen LogP contribution >= 0.6 is 0 Å². The van der Waals surface area contributed by atoms with Crippen molar-refractivity contribution in [3.63, 3.8) is 0 Å². The molecule has 0 aromatic carbocycles. The van der Waals surface area contributed by atoms with Gasteiger partial charge in [-0.2, -0.15) is 0 Å². The summed E-state index contributed by atoms with van der Waals surface area (Å²) in [7, 11) is 0. The van der Waals surface area contributed by atoms with E-state index in [4.69, 9.17) is 9.47 Å². The largest absolute Gasteiger partial charge is 0.483 e. The SMILES string of the molecule is CC1=CO[C@@](C)(C(=O)OC(C)C)CC1=O. The monoisotopic (exact) mass is 212 g/mol. The number of ether oxygens (including phenoxy) is 2. The molecule has 1 aliphatic heterocycles. The molecule has 1 rings (SSSR count). The van der Waals surface area contributed by atoms with Gasteiger partial charge in [-0.3, -0.25) is 4.79 Å². The molecule has 4 heteroatoms. The summed E-state index contributed by atoms with van der Waals surface area (Å²) in [6, 6.07) is 0. The highest BCUT2D eigenvalue weighted by atomic mass is 16.6. The zero-order chi connectivity index (χ0) is 11.6. The van der Waals surface area contributed by atoms with E-state index in [0.717, 1.165) is 0 Å². The fourth-order valence-electron chi connectivity index (χ4n) is 1.23. The molecule has 0 aromatic heterocycles. The molecular formula is C11H16O4. The van der Waals surface area contributed by atoms with Gasteiger partial charge in [0.05, 0.1) is 18.8 Å². The third kappa shape index (κ3) is 2.58. The first-order valence-electron chi connectivity index (χ1n) is 4.94. The van der Waals surface area contributed by atoms with Crippen LogP contribution < -0.4 is 0 Å². The number of allylic oxidation sites excluding steroid dienone is 1. The average Bonchev–Trinajstić information content (AvgIpc) is 2.11. The van der Waals surface area contributed by atoms with Gasteiger partial charge >= 0.3 is 5.97 Å². The normalized spacial score (nSPS) is 25.9. The number of rotatable bonds is 2. The van der Waals surface area contributed by atoms with E-state index in [1.165, 1.54) is 6.26 Å². The molecule has 0 aromatic rings. The van der Waals surface area contributed by atoms with Crippen LogP contribution in [0.4, 0.5) is 0 Å². The molecule has 0 saturated carbocycles. The standard InChI is InChI=1S/C11H16O4/c1-7(2)15-10(13)11(4)5-9(12)8(3)6-14-11/h6-7H,5H2,1-4H3/t11-/m1/s1. The van der Waals surface area contributed by atoms with Gasteiger partial charge in [-0.05, 0) is 27.7 Å². The van der Waals surface area contributed by atoms with Gasteiger partial charge in [0.15, 0.2) is 5.78 Å². The molecule has 0 radical (unpaired) electrons. The first kappa shape index (κ1) is 11.8. The fourth-order valence-corrected chi connectivity index (χ4v) is 1.23. The number of carbonyl (C=O) groups excluding carboxylic acids is 2. The van der Waals surface area contributed by atoms with Crippen LogP contribution in [-0.4, -0.2) is 23.5 Å². The van der Waals surface area contributed by atoms with E-state index in [-0.39, 0.29) is 18.3 Å². The zero-order valence-electron chi connectivity index (χ0n) is 9.49. The number of Topliss-reactive ketones (excluding diaryl/α,β-unsaturated/α-hetero) is 1. The molecule has 4 nitrogen and oxygen atoms in total. The van der Waals surface area contributed by atoms with E-state index < -0.39 is 11.6 Å². The van der Waals surface area contributed by atoms with E-state index in [2.05, 4.69) is 0 Å². The van der Waals surface area contributed by atoms with E-state index >= 15 is 0 Å². The Morgan fingerprint density at radius 3 is 2.67 bits per heavy atom. The highest BCUT2D eigenvalue weighted by Crippen LogP contribution is 2.26. The number of hydrogen-bond acceptors (Lipinski definition) is 4. The maximum atomic E-state index is 11.7. The minimum absolute atomic E-state index is 0.0425. The predicted octanol–water partition coefficient (Wildman–Crippen LogP) is 1.59. The smallest absolute Gasteiger partial charge is 0.350 e. The summed E-state index contributed by atoms with van der Waals surface area (Å²) < 4.78 is 10.3. The van der Waals surface area contributed by atoms with Gasteiger partial charge in [-0.15, -0.1) is 0 Å². The summed E-state index contributed by atoms with van der Waals surface area (Å²) in [5.74, 6) is -0.570. The summed E-state index contributed by atoms with van der Waals surface area (Å²) in [5.41, 5.74) is -0.634. The van der Waals surface area contributed by atoms with E-state index in [1.54, 1.807) is 27.7 Å². The Labute approximate surface area is 89.2 Å². The molecule has 0 N–H and O–H groups in total. The summed E-state index contributed by atoms with van der Waals surface area (Å²) in [4.78, 5) is 23.1. The predicted molar refractivity (Wildman–Crippen MR) is 54.1 cm³/mol. The molecule has 0 fully saturated rings. The number of esters is 1. The zero-order valence-corrected chi connectivity index (χ0v) is 9.49. The summed E-state index contributed by atoms with van der Waals surface area (Å²) in [6.07, 6.45) is 1.16. The second-order valence-electron chi connectivity index (χ2n) is 4.20. The van der Waals surface area contributed by atoms with Crippen molar-refractivity contribution in [3.8, 4) is 0 Å². The van der Waals surface area contributed by atoms with Crippen molar-refractivity contribution < 1.29 is 19.1 Å². The van der Waals surface area contributed by atoms with Crippen LogP contribution in [0.1, 0.15) is 34.1 Å². The van der Waals surface area contributed by atoms with E-state index in [9.17, 15) is 9.59 Å². The van der Waals surface area contributed by atoms with Gasteiger partial charge in [-0.25, -0.2) is 4.79 Å². The van der Waals surface area contributed by atoms with E-state index in [0.29, 0.717) is 5.57 Å². The molecule has 0 amide bonds. The summed E-state index contributed by atoms with van der Waals surface area (Å²) in [6.45, 7) is 6.74. The Kier molecular flexibility index (Phi) is 3.17. The highest BCUT2D eigenvalue weighted by Gasteiger charge is 2.41. The third-order valence-electron chi connectivity index (χ3n) is 2.21. The number of ketones is 1. The minimum Gasteiger partial charge on any atom is -0.483 e. The van der Waals surface area contributed by atoms with Crippen molar-refractivity contribution in [1.29, 1.82) is 0 Å². The Bertz CT molecular complexity index is 317. The van der Waals surface area contributed by atoms with Crippen LogP contribution in [0.2, 0.25) is 0 Å². The van der Waals surface area contributed by atoms with Gasteiger partial charge in [-0.1, -0.05) is 0 Å². The Balaban J connectivity index is 2.77. The van der Waals surface area contributed by atoms with Crippen molar-refractivity contribution in [2.24, 2.45) is 0 Å². The summed E-state index contributed by atoms with van der Waals surface area (Å²) >= 11 is 0. The second-order valence-corrected chi connectivity index (χ2v) is 4.20. The quantitative estimate of drug-likeness (QED) is 0.652. The van der Waals surface area contributed by atoms with Crippen molar-refractivity contribution in [2.45, 2.75) is 45.8 Å². The molecule has 1 aliphatic rings. The molecule has 0 saturated heterocycles. The first-order chi connectivity index (χ1) is 6.85. The molecule has 1 heterocycles. The first-order valence-corrected chi connectivity index (χ1v) is 4.94. The number of hydrogen-bond donors (Lipinski definition) is 0. The van der Waals surface area contributed by atoms with Crippen molar-refractivity contribution in [3.05, 3.63) is 11.8 Å². The fraction of sp³-hybridized carbons (Fsp3) is 0.636. The highest BCUT2D eigenvalue weighted by molar-refractivity contribution is 5.99. The molecule has 1 atom stereocenters. The van der Waals surface area contributed by atoms with Crippen molar-refractivity contribution in [1.82, 2.24) is 0 Å². The van der Waals surface area contributed by atoms with Crippen LogP contribution in [0.25, 0.3) is 0 Å².